The second kappa shape index (κ2) is 10.2. The summed E-state index contributed by atoms with van der Waals surface area (Å²) in [5, 5.41) is 2.95. The predicted molar refractivity (Wildman–Crippen MR) is 88.3 cm³/mol. The van der Waals surface area contributed by atoms with E-state index in [0.29, 0.717) is 19.6 Å². The van der Waals surface area contributed by atoms with Crippen molar-refractivity contribution in [3.8, 4) is 5.75 Å². The zero-order valence-corrected chi connectivity index (χ0v) is 14.1. The van der Waals surface area contributed by atoms with Crippen molar-refractivity contribution in [1.29, 1.82) is 0 Å². The molecule has 0 heterocycles. The Morgan fingerprint density at radius 3 is 2.50 bits per heavy atom. The Bertz CT molecular complexity index is 432. The highest BCUT2D eigenvalue weighted by atomic mass is 16.5. The fraction of sp³-hybridized carbons (Fsp3) is 0.588. The van der Waals surface area contributed by atoms with Crippen molar-refractivity contribution < 1.29 is 14.3 Å². The molecule has 1 aromatic rings. The van der Waals surface area contributed by atoms with Crippen LogP contribution >= 0.6 is 0 Å². The van der Waals surface area contributed by atoms with Gasteiger partial charge in [0.2, 0.25) is 5.91 Å². The van der Waals surface area contributed by atoms with Crippen LogP contribution in [0.4, 0.5) is 0 Å². The van der Waals surface area contributed by atoms with E-state index in [-0.39, 0.29) is 12.0 Å². The molecular weight excluding hydrogens is 280 g/mol. The summed E-state index contributed by atoms with van der Waals surface area (Å²) in [4.78, 5) is 14.1. The fourth-order valence-corrected chi connectivity index (χ4v) is 2.10. The van der Waals surface area contributed by atoms with Crippen LogP contribution in [0.15, 0.2) is 24.3 Å². The van der Waals surface area contributed by atoms with Gasteiger partial charge in [0, 0.05) is 19.7 Å². The van der Waals surface area contributed by atoms with Crippen LogP contribution in [0, 0.1) is 0 Å². The van der Waals surface area contributed by atoms with Crippen LogP contribution in [0.1, 0.15) is 18.9 Å². The molecule has 1 N–H and O–H groups in total. The van der Waals surface area contributed by atoms with Gasteiger partial charge < -0.3 is 19.7 Å². The molecule has 0 saturated carbocycles. The Labute approximate surface area is 133 Å². The lowest BCUT2D eigenvalue weighted by atomic mass is 10.1. The fourth-order valence-electron chi connectivity index (χ4n) is 2.10. The van der Waals surface area contributed by atoms with Crippen molar-refractivity contribution in [3.05, 3.63) is 29.8 Å². The molecule has 5 nitrogen and oxygen atoms in total. The standard InChI is InChI=1S/C17H28N2O3/c1-5-22-16(10-11-19(2)3)13-18-17(20)12-14-6-8-15(21-4)9-7-14/h6-9,16H,5,10-13H2,1-4H3,(H,18,20)/t16-/m0/s1. The van der Waals surface area contributed by atoms with E-state index >= 15 is 0 Å². The molecule has 0 aliphatic carbocycles. The van der Waals surface area contributed by atoms with Crippen LogP contribution in [0.2, 0.25) is 0 Å². The van der Waals surface area contributed by atoms with Gasteiger partial charge in [0.1, 0.15) is 5.75 Å². The first kappa shape index (κ1) is 18.5. The summed E-state index contributed by atoms with van der Waals surface area (Å²) in [7, 11) is 5.69. The minimum Gasteiger partial charge on any atom is -0.497 e. The molecular formula is C17H28N2O3. The van der Waals surface area contributed by atoms with Gasteiger partial charge in [-0.05, 0) is 45.1 Å². The molecule has 22 heavy (non-hydrogen) atoms. The molecule has 0 aromatic heterocycles. The molecule has 0 saturated heterocycles. The highest BCUT2D eigenvalue weighted by Gasteiger charge is 2.11. The largest absolute Gasteiger partial charge is 0.497 e. The van der Waals surface area contributed by atoms with Crippen LogP contribution in [-0.4, -0.2) is 57.8 Å². The number of nitrogens with one attached hydrogen (secondary N) is 1. The maximum absolute atomic E-state index is 12.0. The smallest absolute Gasteiger partial charge is 0.224 e. The van der Waals surface area contributed by atoms with E-state index in [9.17, 15) is 4.79 Å². The van der Waals surface area contributed by atoms with Gasteiger partial charge in [-0.1, -0.05) is 12.1 Å². The van der Waals surface area contributed by atoms with E-state index in [0.717, 1.165) is 24.3 Å². The van der Waals surface area contributed by atoms with Gasteiger partial charge in [-0.15, -0.1) is 0 Å². The summed E-state index contributed by atoms with van der Waals surface area (Å²) in [6.07, 6.45) is 1.34. The predicted octanol–water partition coefficient (Wildman–Crippen LogP) is 1.71. The van der Waals surface area contributed by atoms with Crippen molar-refractivity contribution in [2.45, 2.75) is 25.9 Å². The Hall–Kier alpha value is -1.59. The third kappa shape index (κ3) is 7.43. The molecule has 0 fully saturated rings. The van der Waals surface area contributed by atoms with Crippen LogP contribution < -0.4 is 10.1 Å². The molecule has 1 amide bonds. The van der Waals surface area contributed by atoms with Gasteiger partial charge in [0.05, 0.1) is 19.6 Å². The third-order valence-electron chi connectivity index (χ3n) is 3.35. The first-order valence-corrected chi connectivity index (χ1v) is 7.71. The van der Waals surface area contributed by atoms with E-state index in [4.69, 9.17) is 9.47 Å². The zero-order valence-electron chi connectivity index (χ0n) is 14.1. The topological polar surface area (TPSA) is 50.8 Å². The number of ether oxygens (including phenoxy) is 2. The molecule has 0 spiro atoms. The van der Waals surface area contributed by atoms with Gasteiger partial charge in [0.25, 0.3) is 0 Å². The third-order valence-corrected chi connectivity index (χ3v) is 3.35. The summed E-state index contributed by atoms with van der Waals surface area (Å²) < 4.78 is 10.8. The molecule has 0 unspecified atom stereocenters. The lowest BCUT2D eigenvalue weighted by Gasteiger charge is -2.19. The molecule has 124 valence electrons. The molecule has 5 heteroatoms. The first-order chi connectivity index (χ1) is 10.5. The van der Waals surface area contributed by atoms with E-state index in [1.807, 2.05) is 45.3 Å². The quantitative estimate of drug-likeness (QED) is 0.715. The maximum atomic E-state index is 12.0. The van der Waals surface area contributed by atoms with Crippen LogP contribution in [0.3, 0.4) is 0 Å². The normalized spacial score (nSPS) is 12.2. The Morgan fingerprint density at radius 1 is 1.27 bits per heavy atom. The number of benzene rings is 1. The Balaban J connectivity index is 2.38. The first-order valence-electron chi connectivity index (χ1n) is 7.71. The Kier molecular flexibility index (Phi) is 8.55. The lowest BCUT2D eigenvalue weighted by Crippen LogP contribution is -2.36. The van der Waals surface area contributed by atoms with E-state index in [1.54, 1.807) is 7.11 Å². The monoisotopic (exact) mass is 308 g/mol. The molecule has 0 aliphatic rings. The average molecular weight is 308 g/mol. The number of carbonyl (C=O) groups excluding carboxylic acids is 1. The highest BCUT2D eigenvalue weighted by Crippen LogP contribution is 2.11. The summed E-state index contributed by atoms with van der Waals surface area (Å²) in [5.74, 6) is 0.809. The minimum absolute atomic E-state index is 0.0136. The molecule has 1 rings (SSSR count). The average Bonchev–Trinajstić information content (AvgIpc) is 2.50. The number of amides is 1. The van der Waals surface area contributed by atoms with Gasteiger partial charge >= 0.3 is 0 Å². The summed E-state index contributed by atoms with van der Waals surface area (Å²) in [5.41, 5.74) is 0.972. The van der Waals surface area contributed by atoms with Gasteiger partial charge in [-0.25, -0.2) is 0 Å². The molecule has 0 radical (unpaired) electrons. The van der Waals surface area contributed by atoms with Crippen LogP contribution in [0.5, 0.6) is 5.75 Å². The number of hydrogen-bond acceptors (Lipinski definition) is 4. The molecule has 1 aromatic carbocycles. The molecule has 0 bridgehead atoms. The SMILES string of the molecule is CCO[C@@H](CCN(C)C)CNC(=O)Cc1ccc(OC)cc1. The number of methoxy groups -OCH3 is 1. The molecule has 0 aliphatic heterocycles. The Morgan fingerprint density at radius 2 is 1.95 bits per heavy atom. The van der Waals surface area contributed by atoms with Crippen molar-refractivity contribution in [2.24, 2.45) is 0 Å². The number of carbonyl (C=O) groups is 1. The van der Waals surface area contributed by atoms with Crippen molar-refractivity contribution in [2.75, 3.05) is 40.9 Å². The van der Waals surface area contributed by atoms with E-state index in [2.05, 4.69) is 10.2 Å². The second-order valence-electron chi connectivity index (χ2n) is 5.50. The second-order valence-corrected chi connectivity index (χ2v) is 5.50. The van der Waals surface area contributed by atoms with Crippen molar-refractivity contribution in [1.82, 2.24) is 10.2 Å². The highest BCUT2D eigenvalue weighted by molar-refractivity contribution is 5.78. The lowest BCUT2D eigenvalue weighted by molar-refractivity contribution is -0.121. The van der Waals surface area contributed by atoms with Gasteiger partial charge in [0.15, 0.2) is 0 Å². The maximum Gasteiger partial charge on any atom is 0.224 e. The minimum atomic E-state index is 0.0136. The zero-order chi connectivity index (χ0) is 16.4. The van der Waals surface area contributed by atoms with Crippen LogP contribution in [0.25, 0.3) is 0 Å². The van der Waals surface area contributed by atoms with Crippen LogP contribution in [-0.2, 0) is 16.0 Å². The number of nitrogens with zero attached hydrogens (tertiary/aromatic N) is 1. The molecule has 1 atom stereocenters. The van der Waals surface area contributed by atoms with Gasteiger partial charge in [-0.3, -0.25) is 4.79 Å². The summed E-state index contributed by atoms with van der Waals surface area (Å²) >= 11 is 0. The van der Waals surface area contributed by atoms with Crippen molar-refractivity contribution >= 4 is 5.91 Å². The summed E-state index contributed by atoms with van der Waals surface area (Å²) in [6.45, 7) is 4.13. The number of rotatable bonds is 10. The van der Waals surface area contributed by atoms with E-state index in [1.165, 1.54) is 0 Å². The summed E-state index contributed by atoms with van der Waals surface area (Å²) in [6, 6.07) is 7.54. The van der Waals surface area contributed by atoms with Crippen molar-refractivity contribution in [3.63, 3.8) is 0 Å². The van der Waals surface area contributed by atoms with Gasteiger partial charge in [-0.2, -0.15) is 0 Å². The number of hydrogen-bond donors (Lipinski definition) is 1. The van der Waals surface area contributed by atoms with E-state index < -0.39 is 0 Å².